The maximum Gasteiger partial charge on any atom is 0.573 e. The predicted molar refractivity (Wildman–Crippen MR) is 104 cm³/mol. The van der Waals surface area contributed by atoms with Crippen molar-refractivity contribution < 1.29 is 22.7 Å². The number of amides is 1. The van der Waals surface area contributed by atoms with E-state index in [-0.39, 0.29) is 16.4 Å². The summed E-state index contributed by atoms with van der Waals surface area (Å²) in [7, 11) is 0. The van der Waals surface area contributed by atoms with Crippen LogP contribution in [0.5, 0.6) is 5.75 Å². The van der Waals surface area contributed by atoms with Gasteiger partial charge in [0, 0.05) is 32.8 Å². The number of aromatic amines is 1. The van der Waals surface area contributed by atoms with Crippen molar-refractivity contribution in [2.75, 3.05) is 0 Å². The van der Waals surface area contributed by atoms with E-state index in [1.54, 1.807) is 0 Å². The Morgan fingerprint density at radius 3 is 2.76 bits per heavy atom. The molecule has 3 N–H and O–H groups in total. The summed E-state index contributed by atoms with van der Waals surface area (Å²) >= 11 is 1.21. The maximum absolute atomic E-state index is 12.7. The van der Waals surface area contributed by atoms with E-state index in [9.17, 15) is 18.0 Å². The molecule has 3 aromatic rings. The van der Waals surface area contributed by atoms with Crippen LogP contribution in [0.4, 0.5) is 18.9 Å². The molecule has 0 saturated carbocycles. The van der Waals surface area contributed by atoms with Crippen LogP contribution < -0.4 is 21.2 Å². The Balaban J connectivity index is 1.83. The van der Waals surface area contributed by atoms with Crippen LogP contribution in [0, 0.1) is 0 Å². The van der Waals surface area contributed by atoms with Crippen LogP contribution >= 0.6 is 11.8 Å². The Bertz CT molecular complexity index is 1300. The van der Waals surface area contributed by atoms with E-state index in [1.807, 2.05) is 31.3 Å². The molecule has 148 valence electrons. The first-order chi connectivity index (χ1) is 13.7. The second-order valence-corrected chi connectivity index (χ2v) is 7.08. The van der Waals surface area contributed by atoms with Gasteiger partial charge in [-0.3, -0.25) is 4.79 Å². The van der Waals surface area contributed by atoms with Gasteiger partial charge < -0.3 is 15.5 Å². The highest BCUT2D eigenvalue weighted by molar-refractivity contribution is 8.14. The molecule has 0 spiro atoms. The number of hydrogen-bond donors (Lipinski definition) is 2. The Morgan fingerprint density at radius 2 is 2.07 bits per heavy atom. The van der Waals surface area contributed by atoms with Crippen LogP contribution in [0.2, 0.25) is 0 Å². The smallest absolute Gasteiger partial charge is 0.403 e. The first kappa shape index (κ1) is 19.1. The summed E-state index contributed by atoms with van der Waals surface area (Å²) in [4.78, 5) is 24.0. The molecule has 1 aliphatic heterocycles. The number of carbonyl (C=O) groups is 1. The van der Waals surface area contributed by atoms with E-state index in [0.717, 1.165) is 39.2 Å². The third kappa shape index (κ3) is 3.70. The number of halogens is 3. The van der Waals surface area contributed by atoms with Gasteiger partial charge in [0.25, 0.3) is 0 Å². The molecular formula is C19H13F3N4O2S. The number of aromatic nitrogens is 1. The van der Waals surface area contributed by atoms with Crippen molar-refractivity contribution >= 4 is 45.4 Å². The monoisotopic (exact) mass is 418 g/mol. The van der Waals surface area contributed by atoms with Crippen molar-refractivity contribution in [1.82, 2.24) is 4.98 Å². The van der Waals surface area contributed by atoms with Gasteiger partial charge in [0.15, 0.2) is 10.9 Å². The van der Waals surface area contributed by atoms with E-state index in [4.69, 9.17) is 5.73 Å². The number of carbonyl (C=O) groups excluding carboxylic acids is 1. The number of hydrogen-bond acceptors (Lipinski definition) is 4. The molecule has 1 aromatic heterocycles. The molecule has 2 heterocycles. The van der Waals surface area contributed by atoms with Crippen LogP contribution in [0.1, 0.15) is 17.3 Å². The summed E-state index contributed by atoms with van der Waals surface area (Å²) in [5.41, 5.74) is 5.05. The van der Waals surface area contributed by atoms with Gasteiger partial charge in [0.1, 0.15) is 5.69 Å². The van der Waals surface area contributed by atoms with E-state index >= 15 is 0 Å². The van der Waals surface area contributed by atoms with Gasteiger partial charge in [-0.15, -0.1) is 13.2 Å². The van der Waals surface area contributed by atoms with Crippen LogP contribution in [0.25, 0.3) is 16.8 Å². The van der Waals surface area contributed by atoms with Crippen molar-refractivity contribution in [3.8, 4) is 5.75 Å². The number of rotatable bonds is 3. The average molecular weight is 418 g/mol. The quantitative estimate of drug-likeness (QED) is 0.683. The lowest BCUT2D eigenvalue weighted by Gasteiger charge is -2.11. The zero-order valence-electron chi connectivity index (χ0n) is 14.9. The molecule has 0 atom stereocenters. The van der Waals surface area contributed by atoms with E-state index < -0.39 is 18.0 Å². The van der Waals surface area contributed by atoms with Gasteiger partial charge in [-0.1, -0.05) is 12.1 Å². The van der Waals surface area contributed by atoms with Gasteiger partial charge in [0.2, 0.25) is 5.91 Å². The number of H-pyrrole nitrogens is 1. The Kier molecular flexibility index (Phi) is 4.58. The van der Waals surface area contributed by atoms with Gasteiger partial charge in [0.05, 0.1) is 5.36 Å². The van der Waals surface area contributed by atoms with Crippen LogP contribution in [-0.4, -0.2) is 22.4 Å². The molecular weight excluding hydrogens is 405 g/mol. The van der Waals surface area contributed by atoms with Crippen molar-refractivity contribution in [2.45, 2.75) is 18.2 Å². The molecule has 1 aliphatic rings. The molecule has 0 unspecified atom stereocenters. The number of fused-ring (bicyclic) bond motifs is 3. The largest absolute Gasteiger partial charge is 0.573 e. The van der Waals surface area contributed by atoms with Crippen molar-refractivity contribution in [3.63, 3.8) is 0 Å². The molecule has 0 bridgehead atoms. The second-order valence-electron chi connectivity index (χ2n) is 6.07. The third-order valence-corrected chi connectivity index (χ3v) is 5.14. The van der Waals surface area contributed by atoms with Crippen LogP contribution in [-0.2, 0) is 0 Å². The lowest BCUT2D eigenvalue weighted by atomic mass is 10.2. The number of nitrogens with two attached hydrogens (primary N) is 1. The fourth-order valence-corrected chi connectivity index (χ4v) is 3.84. The number of benzene rings is 2. The third-order valence-electron chi connectivity index (χ3n) is 4.22. The summed E-state index contributed by atoms with van der Waals surface area (Å²) in [5.74, 6) is -1.34. The predicted octanol–water partition coefficient (Wildman–Crippen LogP) is 3.38. The summed E-state index contributed by atoms with van der Waals surface area (Å²) < 4.78 is 42.2. The first-order valence-corrected chi connectivity index (χ1v) is 9.18. The molecule has 0 aliphatic carbocycles. The highest BCUT2D eigenvalue weighted by Gasteiger charge is 2.32. The van der Waals surface area contributed by atoms with Gasteiger partial charge in [-0.2, -0.15) is 0 Å². The molecule has 4 rings (SSSR count). The molecule has 10 heteroatoms. The molecule has 2 aromatic carbocycles. The minimum Gasteiger partial charge on any atom is -0.403 e. The fourth-order valence-electron chi connectivity index (χ4n) is 2.97. The molecule has 29 heavy (non-hydrogen) atoms. The number of ether oxygens (including phenoxy) is 1. The SMILES string of the molecule is CC=c1[nH]cc2c3c(ccc12)SC(=Nc1cc(C(N)=O)ccc1OC(F)(F)F)N=3. The number of primary amides is 1. The minimum atomic E-state index is -4.91. The summed E-state index contributed by atoms with van der Waals surface area (Å²) in [6.45, 7) is 1.91. The molecule has 0 radical (unpaired) electrons. The molecule has 6 nitrogen and oxygen atoms in total. The number of nitrogens with one attached hydrogen (secondary N) is 1. The van der Waals surface area contributed by atoms with Crippen LogP contribution in [0.15, 0.2) is 51.4 Å². The lowest BCUT2D eigenvalue weighted by molar-refractivity contribution is -0.274. The molecule has 0 saturated heterocycles. The van der Waals surface area contributed by atoms with Crippen molar-refractivity contribution in [3.05, 3.63) is 52.8 Å². The second kappa shape index (κ2) is 6.96. The van der Waals surface area contributed by atoms with Crippen molar-refractivity contribution in [2.24, 2.45) is 15.7 Å². The fraction of sp³-hybridized carbons (Fsp3) is 0.105. The van der Waals surface area contributed by atoms with E-state index in [1.165, 1.54) is 11.8 Å². The number of alkyl halides is 3. The summed E-state index contributed by atoms with van der Waals surface area (Å²) in [6, 6.07) is 7.12. The number of nitrogens with zero attached hydrogens (tertiary/aromatic N) is 2. The Hall–Kier alpha value is -3.27. The standard InChI is InChI=1S/C19H13F3N4O2S/c1-2-12-10-4-6-15-16(11(10)8-24-12)26-18(29-15)25-13-7-9(17(23)27)3-5-14(13)28-19(20,21)22/h2-8,24H,1H3,(H2,23,27). The van der Waals surface area contributed by atoms with Gasteiger partial charge >= 0.3 is 6.36 Å². The number of thioether (sulfide) groups is 1. The molecule has 1 amide bonds. The highest BCUT2D eigenvalue weighted by atomic mass is 32.2. The first-order valence-electron chi connectivity index (χ1n) is 8.36. The zero-order chi connectivity index (χ0) is 20.8. The average Bonchev–Trinajstić information content (AvgIpc) is 3.24. The van der Waals surface area contributed by atoms with Crippen LogP contribution in [0.3, 0.4) is 0 Å². The highest BCUT2D eigenvalue weighted by Crippen LogP contribution is 2.35. The minimum absolute atomic E-state index is 0.00975. The van der Waals surface area contributed by atoms with E-state index in [2.05, 4.69) is 19.7 Å². The van der Waals surface area contributed by atoms with E-state index in [0.29, 0.717) is 5.36 Å². The Labute approximate surface area is 166 Å². The Morgan fingerprint density at radius 1 is 1.28 bits per heavy atom. The lowest BCUT2D eigenvalue weighted by Crippen LogP contribution is -2.17. The molecule has 0 fully saturated rings. The van der Waals surface area contributed by atoms with Gasteiger partial charge in [-0.05, 0) is 43.0 Å². The van der Waals surface area contributed by atoms with Gasteiger partial charge in [-0.25, -0.2) is 9.98 Å². The topological polar surface area (TPSA) is 92.8 Å². The zero-order valence-corrected chi connectivity index (χ0v) is 15.7. The number of amidine groups is 1. The normalized spacial score (nSPS) is 15.6. The summed E-state index contributed by atoms with van der Waals surface area (Å²) in [6.07, 6.45) is -1.15. The summed E-state index contributed by atoms with van der Waals surface area (Å²) in [5, 5.41) is 3.72. The maximum atomic E-state index is 12.7. The number of aliphatic imine (C=N–C) groups is 1. The van der Waals surface area contributed by atoms with Crippen molar-refractivity contribution in [1.29, 1.82) is 0 Å².